The summed E-state index contributed by atoms with van der Waals surface area (Å²) in [4.78, 5) is 21.8. The summed E-state index contributed by atoms with van der Waals surface area (Å²) in [6.07, 6.45) is 0. The Labute approximate surface area is 144 Å². The zero-order chi connectivity index (χ0) is 18.6. The van der Waals surface area contributed by atoms with Crippen molar-refractivity contribution in [3.05, 3.63) is 64.2 Å². The monoisotopic (exact) mass is 361 g/mol. The molecule has 0 aliphatic heterocycles. The quantitative estimate of drug-likeness (QED) is 0.378. The predicted octanol–water partition coefficient (Wildman–Crippen LogP) is 2.69. The van der Waals surface area contributed by atoms with E-state index in [0.29, 0.717) is 5.69 Å². The standard InChI is InChI=1S/C16H15N3O5S/c1-11-3-9-15(10-4-11)25(23,24)16(12(2)20)18-17-13-5-7-14(8-6-13)19(21)22/h3-10,17H,1-2H3/b18-16-. The van der Waals surface area contributed by atoms with Gasteiger partial charge in [-0.1, -0.05) is 17.7 Å². The number of non-ortho nitro benzene ring substituents is 1. The van der Waals surface area contributed by atoms with Crippen LogP contribution in [-0.4, -0.2) is 24.2 Å². The second-order valence-corrected chi connectivity index (χ2v) is 7.07. The van der Waals surface area contributed by atoms with Crippen molar-refractivity contribution in [3.63, 3.8) is 0 Å². The van der Waals surface area contributed by atoms with Crippen LogP contribution in [0.15, 0.2) is 58.5 Å². The third-order valence-electron chi connectivity index (χ3n) is 3.25. The Kier molecular flexibility index (Phi) is 5.28. The highest BCUT2D eigenvalue weighted by atomic mass is 32.2. The summed E-state index contributed by atoms with van der Waals surface area (Å²) >= 11 is 0. The summed E-state index contributed by atoms with van der Waals surface area (Å²) in [5, 5.41) is 13.7. The van der Waals surface area contributed by atoms with Gasteiger partial charge in [0.1, 0.15) is 0 Å². The van der Waals surface area contributed by atoms with Gasteiger partial charge in [-0.25, -0.2) is 8.42 Å². The number of benzene rings is 2. The Hall–Kier alpha value is -3.07. The van der Waals surface area contributed by atoms with Gasteiger partial charge in [0.15, 0.2) is 5.78 Å². The van der Waals surface area contributed by atoms with Gasteiger partial charge in [-0.3, -0.25) is 20.3 Å². The highest BCUT2D eigenvalue weighted by Crippen LogP contribution is 2.17. The van der Waals surface area contributed by atoms with Crippen molar-refractivity contribution in [3.8, 4) is 0 Å². The third-order valence-corrected chi connectivity index (χ3v) is 5.03. The second kappa shape index (κ2) is 7.22. The highest BCUT2D eigenvalue weighted by molar-refractivity contribution is 8.08. The number of sulfone groups is 1. The minimum absolute atomic E-state index is 0.0439. The Balaban J connectivity index is 2.33. The zero-order valence-electron chi connectivity index (χ0n) is 13.5. The van der Waals surface area contributed by atoms with Crippen LogP contribution in [0, 0.1) is 17.0 Å². The van der Waals surface area contributed by atoms with E-state index in [9.17, 15) is 23.3 Å². The van der Waals surface area contributed by atoms with Gasteiger partial charge in [-0.05, 0) is 31.2 Å². The molecular weight excluding hydrogens is 346 g/mol. The fourth-order valence-electron chi connectivity index (χ4n) is 1.93. The number of nitro groups is 1. The molecule has 8 nitrogen and oxygen atoms in total. The first-order chi connectivity index (χ1) is 11.7. The number of ketones is 1. The number of aryl methyl sites for hydroxylation is 1. The lowest BCUT2D eigenvalue weighted by Crippen LogP contribution is -2.24. The van der Waals surface area contributed by atoms with Crippen LogP contribution in [0.1, 0.15) is 12.5 Å². The van der Waals surface area contributed by atoms with Gasteiger partial charge in [0.05, 0.1) is 15.5 Å². The van der Waals surface area contributed by atoms with E-state index in [0.717, 1.165) is 12.5 Å². The summed E-state index contributed by atoms with van der Waals surface area (Å²) in [5.74, 6) is -0.727. The molecule has 0 aliphatic carbocycles. The molecule has 0 fully saturated rings. The molecule has 2 aromatic carbocycles. The van der Waals surface area contributed by atoms with Crippen LogP contribution in [-0.2, 0) is 14.6 Å². The van der Waals surface area contributed by atoms with E-state index in [2.05, 4.69) is 10.5 Å². The molecule has 0 unspecified atom stereocenters. The molecule has 0 aliphatic rings. The van der Waals surface area contributed by atoms with E-state index in [4.69, 9.17) is 0 Å². The lowest BCUT2D eigenvalue weighted by atomic mass is 10.2. The van der Waals surface area contributed by atoms with Crippen LogP contribution in [0.5, 0.6) is 0 Å². The minimum atomic E-state index is -4.08. The van der Waals surface area contributed by atoms with Gasteiger partial charge in [-0.2, -0.15) is 5.10 Å². The topological polar surface area (TPSA) is 119 Å². The molecule has 0 radical (unpaired) electrons. The van der Waals surface area contributed by atoms with Gasteiger partial charge in [0.25, 0.3) is 5.69 Å². The molecule has 0 bridgehead atoms. The normalized spacial score (nSPS) is 11.8. The molecule has 0 amide bonds. The number of rotatable bonds is 5. The van der Waals surface area contributed by atoms with Crippen LogP contribution in [0.2, 0.25) is 0 Å². The zero-order valence-corrected chi connectivity index (χ0v) is 14.3. The van der Waals surface area contributed by atoms with E-state index in [-0.39, 0.29) is 10.6 Å². The third kappa shape index (κ3) is 4.27. The van der Waals surface area contributed by atoms with Crippen molar-refractivity contribution in [2.45, 2.75) is 18.7 Å². The smallest absolute Gasteiger partial charge is 0.269 e. The molecule has 2 rings (SSSR count). The molecule has 25 heavy (non-hydrogen) atoms. The van der Waals surface area contributed by atoms with Crippen LogP contribution in [0.25, 0.3) is 0 Å². The van der Waals surface area contributed by atoms with Gasteiger partial charge < -0.3 is 0 Å². The maximum Gasteiger partial charge on any atom is 0.269 e. The Bertz CT molecular complexity index is 933. The lowest BCUT2D eigenvalue weighted by Gasteiger charge is -2.07. The van der Waals surface area contributed by atoms with E-state index in [1.165, 1.54) is 36.4 Å². The van der Waals surface area contributed by atoms with Crippen molar-refractivity contribution in [2.75, 3.05) is 5.43 Å². The van der Waals surface area contributed by atoms with Crippen molar-refractivity contribution in [1.82, 2.24) is 0 Å². The molecule has 0 atom stereocenters. The van der Waals surface area contributed by atoms with E-state index < -0.39 is 25.6 Å². The van der Waals surface area contributed by atoms with Crippen molar-refractivity contribution >= 4 is 32.0 Å². The van der Waals surface area contributed by atoms with Crippen molar-refractivity contribution in [2.24, 2.45) is 5.10 Å². The summed E-state index contributed by atoms with van der Waals surface area (Å²) in [7, 11) is -4.08. The summed E-state index contributed by atoms with van der Waals surface area (Å²) in [6.45, 7) is 2.91. The first kappa shape index (κ1) is 18.3. The predicted molar refractivity (Wildman–Crippen MR) is 93.2 cm³/mol. The number of nitrogens with one attached hydrogen (secondary N) is 1. The molecule has 0 heterocycles. The van der Waals surface area contributed by atoms with Gasteiger partial charge >= 0.3 is 0 Å². The average Bonchev–Trinajstić information content (AvgIpc) is 2.55. The van der Waals surface area contributed by atoms with E-state index in [1.807, 2.05) is 6.92 Å². The fraction of sp³-hybridized carbons (Fsp3) is 0.125. The molecule has 9 heteroatoms. The SMILES string of the molecule is CC(=O)/C(=N/Nc1ccc([N+](=O)[O-])cc1)S(=O)(=O)c1ccc(C)cc1. The van der Waals surface area contributed by atoms with E-state index in [1.54, 1.807) is 12.1 Å². The lowest BCUT2D eigenvalue weighted by molar-refractivity contribution is -0.384. The molecule has 1 N–H and O–H groups in total. The van der Waals surface area contributed by atoms with Crippen LogP contribution in [0.3, 0.4) is 0 Å². The van der Waals surface area contributed by atoms with Gasteiger partial charge in [-0.15, -0.1) is 0 Å². The maximum absolute atomic E-state index is 12.6. The van der Waals surface area contributed by atoms with Crippen molar-refractivity contribution in [1.29, 1.82) is 0 Å². The number of carbonyl (C=O) groups is 1. The Morgan fingerprint density at radius 2 is 1.64 bits per heavy atom. The second-order valence-electron chi connectivity index (χ2n) is 5.21. The first-order valence-electron chi connectivity index (χ1n) is 7.12. The Morgan fingerprint density at radius 3 is 2.12 bits per heavy atom. The molecular formula is C16H15N3O5S. The number of anilines is 1. The highest BCUT2D eigenvalue weighted by Gasteiger charge is 2.26. The van der Waals surface area contributed by atoms with Crippen molar-refractivity contribution < 1.29 is 18.1 Å². The van der Waals surface area contributed by atoms with Crippen LogP contribution < -0.4 is 5.43 Å². The van der Waals surface area contributed by atoms with E-state index >= 15 is 0 Å². The average molecular weight is 361 g/mol. The van der Waals surface area contributed by atoms with Crippen LogP contribution >= 0.6 is 0 Å². The first-order valence-corrected chi connectivity index (χ1v) is 8.61. The number of hydrogen-bond acceptors (Lipinski definition) is 7. The number of hydrogen-bond donors (Lipinski definition) is 1. The minimum Gasteiger partial charge on any atom is -0.292 e. The largest absolute Gasteiger partial charge is 0.292 e. The maximum atomic E-state index is 12.6. The molecule has 0 aromatic heterocycles. The number of Topliss-reactive ketones (excluding diaryl/α,β-unsaturated/α-hetero) is 1. The number of hydrazone groups is 1. The number of nitrogens with zero attached hydrogens (tertiary/aromatic N) is 2. The summed E-state index contributed by atoms with van der Waals surface area (Å²) in [5.41, 5.74) is 3.52. The fourth-order valence-corrected chi connectivity index (χ4v) is 3.19. The molecule has 0 saturated carbocycles. The molecule has 130 valence electrons. The molecule has 2 aromatic rings. The summed E-state index contributed by atoms with van der Waals surface area (Å²) < 4.78 is 25.1. The molecule has 0 saturated heterocycles. The number of carbonyl (C=O) groups excluding carboxylic acids is 1. The summed E-state index contributed by atoms with van der Waals surface area (Å²) in [6, 6.07) is 11.2. The molecule has 0 spiro atoms. The Morgan fingerprint density at radius 1 is 1.08 bits per heavy atom. The van der Waals surface area contributed by atoms with Gasteiger partial charge in [0.2, 0.25) is 14.9 Å². The van der Waals surface area contributed by atoms with Crippen LogP contribution in [0.4, 0.5) is 11.4 Å². The van der Waals surface area contributed by atoms with Gasteiger partial charge in [0, 0.05) is 19.1 Å². The number of nitro benzene ring substituents is 1.